The number of rotatable bonds is 10. The number of likely N-dealkylation sites (N-methyl/N-ethyl adjacent to an activating group) is 1. The summed E-state index contributed by atoms with van der Waals surface area (Å²) in [4.78, 5) is 29.4. The molecule has 0 bridgehead atoms. The Labute approximate surface area is 145 Å². The third kappa shape index (κ3) is 6.03. The largest absolute Gasteiger partial charge is 0.461 e. The molecule has 0 unspecified atom stereocenters. The summed E-state index contributed by atoms with van der Waals surface area (Å²) in [6, 6.07) is 3.45. The standard InChI is InChI=1S/C16H22N4O5/c1-20(11-13(21)17-8-4-9-23-2)15(22)7-6-14-18-16(19-25-14)12-5-3-10-24-12/h3,5,10H,4,6-9,11H2,1-2H3,(H,17,21). The molecule has 1 N–H and O–H groups in total. The number of hydrogen-bond acceptors (Lipinski definition) is 7. The van der Waals surface area contributed by atoms with Crippen molar-refractivity contribution in [2.75, 3.05) is 33.9 Å². The highest BCUT2D eigenvalue weighted by atomic mass is 16.5. The molecule has 0 atom stereocenters. The fraction of sp³-hybridized carbons (Fsp3) is 0.500. The second-order valence-electron chi connectivity index (χ2n) is 5.44. The van der Waals surface area contributed by atoms with Gasteiger partial charge in [-0.2, -0.15) is 4.98 Å². The number of ether oxygens (including phenoxy) is 1. The first-order valence-electron chi connectivity index (χ1n) is 7.96. The molecular formula is C16H22N4O5. The fourth-order valence-corrected chi connectivity index (χ4v) is 2.07. The number of furan rings is 1. The normalized spacial score (nSPS) is 10.6. The Morgan fingerprint density at radius 2 is 2.24 bits per heavy atom. The van der Waals surface area contributed by atoms with Gasteiger partial charge in [0.05, 0.1) is 12.8 Å². The van der Waals surface area contributed by atoms with Gasteiger partial charge in [-0.3, -0.25) is 9.59 Å². The molecule has 2 aromatic heterocycles. The molecule has 136 valence electrons. The van der Waals surface area contributed by atoms with Crippen molar-refractivity contribution in [3.8, 4) is 11.6 Å². The lowest BCUT2D eigenvalue weighted by atomic mass is 10.2. The zero-order chi connectivity index (χ0) is 18.1. The quantitative estimate of drug-likeness (QED) is 0.633. The van der Waals surface area contributed by atoms with Gasteiger partial charge >= 0.3 is 0 Å². The maximum atomic E-state index is 12.1. The molecule has 0 aliphatic heterocycles. The fourth-order valence-electron chi connectivity index (χ4n) is 2.07. The highest BCUT2D eigenvalue weighted by molar-refractivity contribution is 5.84. The van der Waals surface area contributed by atoms with E-state index in [1.54, 1.807) is 26.3 Å². The van der Waals surface area contributed by atoms with Gasteiger partial charge in [0, 0.05) is 40.2 Å². The van der Waals surface area contributed by atoms with E-state index in [0.29, 0.717) is 37.0 Å². The van der Waals surface area contributed by atoms with Gasteiger partial charge in [-0.15, -0.1) is 0 Å². The minimum Gasteiger partial charge on any atom is -0.461 e. The van der Waals surface area contributed by atoms with Crippen LogP contribution in [0.25, 0.3) is 11.6 Å². The summed E-state index contributed by atoms with van der Waals surface area (Å²) in [5, 5.41) is 6.53. The summed E-state index contributed by atoms with van der Waals surface area (Å²) in [7, 11) is 3.19. The molecule has 2 rings (SSSR count). The maximum absolute atomic E-state index is 12.1. The minimum atomic E-state index is -0.204. The molecule has 0 spiro atoms. The number of hydrogen-bond donors (Lipinski definition) is 1. The second kappa shape index (κ2) is 9.58. The molecule has 0 saturated heterocycles. The van der Waals surface area contributed by atoms with Crippen LogP contribution in [0.3, 0.4) is 0 Å². The van der Waals surface area contributed by atoms with Crippen molar-refractivity contribution in [1.82, 2.24) is 20.4 Å². The van der Waals surface area contributed by atoms with E-state index in [2.05, 4.69) is 15.5 Å². The zero-order valence-corrected chi connectivity index (χ0v) is 14.4. The van der Waals surface area contributed by atoms with Gasteiger partial charge in [-0.05, 0) is 18.6 Å². The van der Waals surface area contributed by atoms with Crippen molar-refractivity contribution in [1.29, 1.82) is 0 Å². The molecule has 25 heavy (non-hydrogen) atoms. The van der Waals surface area contributed by atoms with Crippen LogP contribution >= 0.6 is 0 Å². The lowest BCUT2D eigenvalue weighted by Crippen LogP contribution is -2.38. The molecule has 2 heterocycles. The number of aromatic nitrogens is 2. The van der Waals surface area contributed by atoms with Gasteiger partial charge in [0.15, 0.2) is 5.76 Å². The SMILES string of the molecule is COCCCNC(=O)CN(C)C(=O)CCc1nc(-c2ccco2)no1. The lowest BCUT2D eigenvalue weighted by molar-refractivity contribution is -0.134. The smallest absolute Gasteiger partial charge is 0.239 e. The molecule has 0 aromatic carbocycles. The summed E-state index contributed by atoms with van der Waals surface area (Å²) < 4.78 is 15.2. The molecular weight excluding hydrogens is 328 g/mol. The number of amides is 2. The third-order valence-corrected chi connectivity index (χ3v) is 3.42. The van der Waals surface area contributed by atoms with Crippen molar-refractivity contribution >= 4 is 11.8 Å². The number of carbonyl (C=O) groups is 2. The molecule has 0 aliphatic carbocycles. The van der Waals surface area contributed by atoms with E-state index in [1.807, 2.05) is 0 Å². The van der Waals surface area contributed by atoms with Crippen LogP contribution < -0.4 is 5.32 Å². The Bertz CT molecular complexity index is 668. The summed E-state index contributed by atoms with van der Waals surface area (Å²) in [5.41, 5.74) is 0. The van der Waals surface area contributed by atoms with Gasteiger partial charge in [0.1, 0.15) is 0 Å². The first-order chi connectivity index (χ1) is 12.1. The van der Waals surface area contributed by atoms with Gasteiger partial charge in [0.25, 0.3) is 0 Å². The molecule has 0 aliphatic rings. The van der Waals surface area contributed by atoms with Crippen molar-refractivity contribution in [3.05, 3.63) is 24.3 Å². The first kappa shape index (κ1) is 18.7. The van der Waals surface area contributed by atoms with Gasteiger partial charge in [0.2, 0.25) is 23.5 Å². The number of nitrogens with zero attached hydrogens (tertiary/aromatic N) is 3. The summed E-state index contributed by atoms with van der Waals surface area (Å²) in [6.45, 7) is 1.11. The average Bonchev–Trinajstić information content (AvgIpc) is 3.27. The Balaban J connectivity index is 1.71. The second-order valence-corrected chi connectivity index (χ2v) is 5.44. The Morgan fingerprint density at radius 3 is 2.96 bits per heavy atom. The van der Waals surface area contributed by atoms with Crippen LogP contribution in [-0.2, 0) is 20.7 Å². The van der Waals surface area contributed by atoms with Gasteiger partial charge in [-0.25, -0.2) is 0 Å². The number of nitrogens with one attached hydrogen (secondary N) is 1. The van der Waals surface area contributed by atoms with Crippen molar-refractivity contribution < 1.29 is 23.3 Å². The molecule has 9 heteroatoms. The van der Waals surface area contributed by atoms with E-state index in [0.717, 1.165) is 6.42 Å². The van der Waals surface area contributed by atoms with Crippen LogP contribution in [0, 0.1) is 0 Å². The van der Waals surface area contributed by atoms with Crippen molar-refractivity contribution in [2.24, 2.45) is 0 Å². The Kier molecular flexibility index (Phi) is 7.15. The predicted octanol–water partition coefficient (Wildman–Crippen LogP) is 0.873. The number of aryl methyl sites for hydroxylation is 1. The maximum Gasteiger partial charge on any atom is 0.239 e. The predicted molar refractivity (Wildman–Crippen MR) is 87.5 cm³/mol. The lowest BCUT2D eigenvalue weighted by Gasteiger charge is -2.16. The van der Waals surface area contributed by atoms with Gasteiger partial charge in [-0.1, -0.05) is 5.16 Å². The van der Waals surface area contributed by atoms with Crippen LogP contribution in [0.4, 0.5) is 0 Å². The number of carbonyl (C=O) groups excluding carboxylic acids is 2. The van der Waals surface area contributed by atoms with Crippen LogP contribution in [0.5, 0.6) is 0 Å². The van der Waals surface area contributed by atoms with E-state index >= 15 is 0 Å². The molecule has 0 fully saturated rings. The Morgan fingerprint density at radius 1 is 1.40 bits per heavy atom. The topological polar surface area (TPSA) is 111 Å². The van der Waals surface area contributed by atoms with E-state index in [1.165, 1.54) is 11.2 Å². The van der Waals surface area contributed by atoms with E-state index < -0.39 is 0 Å². The van der Waals surface area contributed by atoms with Crippen molar-refractivity contribution in [3.63, 3.8) is 0 Å². The molecule has 9 nitrogen and oxygen atoms in total. The highest BCUT2D eigenvalue weighted by Gasteiger charge is 2.16. The zero-order valence-electron chi connectivity index (χ0n) is 14.4. The summed E-state index contributed by atoms with van der Waals surface area (Å²) in [6.07, 6.45) is 2.72. The van der Waals surface area contributed by atoms with E-state index in [9.17, 15) is 9.59 Å². The molecule has 2 amide bonds. The molecule has 0 saturated carbocycles. The minimum absolute atomic E-state index is 0.00724. The number of methoxy groups -OCH3 is 1. The van der Waals surface area contributed by atoms with E-state index in [-0.39, 0.29) is 24.8 Å². The molecule has 2 aromatic rings. The van der Waals surface area contributed by atoms with E-state index in [4.69, 9.17) is 13.7 Å². The van der Waals surface area contributed by atoms with Gasteiger partial charge < -0.3 is 23.9 Å². The molecule has 0 radical (unpaired) electrons. The van der Waals surface area contributed by atoms with Crippen LogP contribution in [0.2, 0.25) is 0 Å². The summed E-state index contributed by atoms with van der Waals surface area (Å²) in [5.74, 6) is 0.812. The summed E-state index contributed by atoms with van der Waals surface area (Å²) >= 11 is 0. The third-order valence-electron chi connectivity index (χ3n) is 3.42. The average molecular weight is 350 g/mol. The first-order valence-corrected chi connectivity index (χ1v) is 7.96. The van der Waals surface area contributed by atoms with Crippen molar-refractivity contribution in [2.45, 2.75) is 19.3 Å². The van der Waals surface area contributed by atoms with Crippen LogP contribution in [-0.4, -0.2) is 60.7 Å². The monoisotopic (exact) mass is 350 g/mol. The Hall–Kier alpha value is -2.68. The van der Waals surface area contributed by atoms with Crippen LogP contribution in [0.15, 0.2) is 27.3 Å². The highest BCUT2D eigenvalue weighted by Crippen LogP contribution is 2.16. The van der Waals surface area contributed by atoms with Crippen LogP contribution in [0.1, 0.15) is 18.7 Å².